The molecular formula is C15H24N2O3S. The van der Waals surface area contributed by atoms with Crippen molar-refractivity contribution in [3.63, 3.8) is 0 Å². The van der Waals surface area contributed by atoms with Crippen LogP contribution in [0.4, 0.5) is 0 Å². The van der Waals surface area contributed by atoms with Gasteiger partial charge in [0.25, 0.3) is 0 Å². The number of hydrogen-bond donors (Lipinski definition) is 0. The van der Waals surface area contributed by atoms with Crippen LogP contribution in [-0.2, 0) is 10.0 Å². The smallest absolute Gasteiger partial charge is 0.246 e. The number of benzene rings is 1. The van der Waals surface area contributed by atoms with Crippen molar-refractivity contribution < 1.29 is 13.2 Å². The van der Waals surface area contributed by atoms with Gasteiger partial charge >= 0.3 is 0 Å². The summed E-state index contributed by atoms with van der Waals surface area (Å²) in [5, 5.41) is 0. The van der Waals surface area contributed by atoms with E-state index in [2.05, 4.69) is 4.90 Å². The van der Waals surface area contributed by atoms with Gasteiger partial charge in [0, 0.05) is 19.1 Å². The Kier molecular flexibility index (Phi) is 4.91. The Balaban J connectivity index is 2.25. The average Bonchev–Trinajstić information content (AvgIpc) is 2.47. The largest absolute Gasteiger partial charge is 0.495 e. The molecule has 0 bridgehead atoms. The molecule has 0 N–H and O–H groups in total. The molecule has 0 unspecified atom stereocenters. The van der Waals surface area contributed by atoms with Crippen LogP contribution in [0.25, 0.3) is 0 Å². The summed E-state index contributed by atoms with van der Waals surface area (Å²) in [4.78, 5) is 2.44. The van der Waals surface area contributed by atoms with Crippen molar-refractivity contribution in [2.75, 3.05) is 34.3 Å². The minimum Gasteiger partial charge on any atom is -0.495 e. The molecule has 0 spiro atoms. The van der Waals surface area contributed by atoms with Crippen molar-refractivity contribution in [2.24, 2.45) is 0 Å². The van der Waals surface area contributed by atoms with Crippen molar-refractivity contribution in [3.8, 4) is 5.75 Å². The minimum absolute atomic E-state index is 0.272. The number of aryl methyl sites for hydroxylation is 1. The first kappa shape index (κ1) is 16.3. The molecule has 0 atom stereocenters. The van der Waals surface area contributed by atoms with Crippen LogP contribution in [0.3, 0.4) is 0 Å². The molecule has 0 aliphatic carbocycles. The highest BCUT2D eigenvalue weighted by Crippen LogP contribution is 2.29. The molecule has 118 valence electrons. The quantitative estimate of drug-likeness (QED) is 0.849. The van der Waals surface area contributed by atoms with Crippen molar-refractivity contribution in [2.45, 2.75) is 30.7 Å². The second-order valence-electron chi connectivity index (χ2n) is 5.75. The van der Waals surface area contributed by atoms with Gasteiger partial charge in [-0.1, -0.05) is 6.07 Å². The lowest BCUT2D eigenvalue weighted by molar-refractivity contribution is 0.196. The first-order chi connectivity index (χ1) is 9.86. The van der Waals surface area contributed by atoms with Crippen LogP contribution in [0.15, 0.2) is 23.1 Å². The molecule has 1 heterocycles. The third-order valence-corrected chi connectivity index (χ3v) is 6.01. The summed E-state index contributed by atoms with van der Waals surface area (Å²) in [5.74, 6) is 0.412. The van der Waals surface area contributed by atoms with Crippen LogP contribution in [0.2, 0.25) is 0 Å². The van der Waals surface area contributed by atoms with Crippen LogP contribution < -0.4 is 4.74 Å². The summed E-state index contributed by atoms with van der Waals surface area (Å²) in [6.07, 6.45) is 1.72. The molecule has 0 amide bonds. The van der Waals surface area contributed by atoms with Crippen molar-refractivity contribution >= 4 is 10.0 Å². The van der Waals surface area contributed by atoms with Crippen LogP contribution >= 0.6 is 0 Å². The van der Waals surface area contributed by atoms with E-state index in [0.717, 1.165) is 18.4 Å². The molecule has 1 aromatic carbocycles. The molecule has 2 rings (SSSR count). The second kappa shape index (κ2) is 6.34. The zero-order valence-corrected chi connectivity index (χ0v) is 14.0. The molecule has 1 aliphatic heterocycles. The molecule has 0 saturated carbocycles. The Hall–Kier alpha value is -1.11. The molecule has 1 saturated heterocycles. The maximum absolute atomic E-state index is 12.8. The van der Waals surface area contributed by atoms with Crippen LogP contribution in [0, 0.1) is 6.92 Å². The number of piperidine rings is 1. The van der Waals surface area contributed by atoms with Gasteiger partial charge < -0.3 is 9.64 Å². The summed E-state index contributed by atoms with van der Waals surface area (Å²) in [6, 6.07) is 5.72. The van der Waals surface area contributed by atoms with E-state index in [-0.39, 0.29) is 4.90 Å². The number of ether oxygens (including phenoxy) is 1. The summed E-state index contributed by atoms with van der Waals surface area (Å²) in [7, 11) is 2.10. The lowest BCUT2D eigenvalue weighted by atomic mass is 10.1. The van der Waals surface area contributed by atoms with Crippen LogP contribution in [0.5, 0.6) is 5.75 Å². The van der Waals surface area contributed by atoms with E-state index in [9.17, 15) is 8.42 Å². The lowest BCUT2D eigenvalue weighted by Crippen LogP contribution is -2.44. The Morgan fingerprint density at radius 2 is 1.86 bits per heavy atom. The van der Waals surface area contributed by atoms with E-state index in [1.54, 1.807) is 16.4 Å². The van der Waals surface area contributed by atoms with E-state index >= 15 is 0 Å². The van der Waals surface area contributed by atoms with Gasteiger partial charge in [0.05, 0.1) is 7.11 Å². The Labute approximate surface area is 127 Å². The van der Waals surface area contributed by atoms with E-state index in [1.807, 2.05) is 27.1 Å². The van der Waals surface area contributed by atoms with E-state index in [4.69, 9.17) is 4.74 Å². The third kappa shape index (κ3) is 3.39. The highest BCUT2D eigenvalue weighted by molar-refractivity contribution is 7.89. The predicted molar refractivity (Wildman–Crippen MR) is 83.2 cm³/mol. The lowest BCUT2D eigenvalue weighted by Gasteiger charge is -2.34. The molecule has 5 nitrogen and oxygen atoms in total. The Bertz CT molecular complexity index is 591. The standard InChI is InChI=1S/C15H24N2O3S/c1-12-5-6-14(20-4)15(11-12)21(18,19)17-9-7-13(8-10-17)16(2)3/h5-6,11,13H,7-10H2,1-4H3. The maximum Gasteiger partial charge on any atom is 0.246 e. The fraction of sp³-hybridized carbons (Fsp3) is 0.600. The molecule has 1 fully saturated rings. The molecule has 0 radical (unpaired) electrons. The fourth-order valence-electron chi connectivity index (χ4n) is 2.72. The van der Waals surface area contributed by atoms with Crippen molar-refractivity contribution in [1.82, 2.24) is 9.21 Å². The van der Waals surface area contributed by atoms with Gasteiger partial charge in [-0.05, 0) is 51.6 Å². The molecule has 6 heteroatoms. The zero-order chi connectivity index (χ0) is 15.6. The van der Waals surface area contributed by atoms with Crippen molar-refractivity contribution in [3.05, 3.63) is 23.8 Å². The van der Waals surface area contributed by atoms with E-state index < -0.39 is 10.0 Å². The predicted octanol–water partition coefficient (Wildman–Crippen LogP) is 1.72. The highest BCUT2D eigenvalue weighted by atomic mass is 32.2. The third-order valence-electron chi connectivity index (χ3n) is 4.09. The normalized spacial score (nSPS) is 18.1. The number of methoxy groups -OCH3 is 1. The first-order valence-electron chi connectivity index (χ1n) is 7.17. The Morgan fingerprint density at radius 1 is 1.24 bits per heavy atom. The van der Waals surface area contributed by atoms with Gasteiger partial charge in [-0.25, -0.2) is 8.42 Å². The number of rotatable bonds is 4. The minimum atomic E-state index is -3.49. The Morgan fingerprint density at radius 3 is 2.38 bits per heavy atom. The summed E-state index contributed by atoms with van der Waals surface area (Å²) in [5.41, 5.74) is 0.914. The van der Waals surface area contributed by atoms with Gasteiger partial charge in [-0.15, -0.1) is 0 Å². The fourth-order valence-corrected chi connectivity index (χ4v) is 4.43. The van der Waals surface area contributed by atoms with Crippen molar-refractivity contribution in [1.29, 1.82) is 0 Å². The number of nitrogens with zero attached hydrogens (tertiary/aromatic N) is 2. The molecule has 21 heavy (non-hydrogen) atoms. The summed E-state index contributed by atoms with van der Waals surface area (Å²) in [6.45, 7) is 3.00. The average molecular weight is 312 g/mol. The zero-order valence-electron chi connectivity index (χ0n) is 13.2. The van der Waals surface area contributed by atoms with Gasteiger partial charge in [0.2, 0.25) is 10.0 Å². The van der Waals surface area contributed by atoms with Crippen LogP contribution in [-0.4, -0.2) is 58.0 Å². The molecular weight excluding hydrogens is 288 g/mol. The SMILES string of the molecule is COc1ccc(C)cc1S(=O)(=O)N1CCC(N(C)C)CC1. The van der Waals surface area contributed by atoms with E-state index in [0.29, 0.717) is 24.9 Å². The van der Waals surface area contributed by atoms with Gasteiger partial charge in [0.15, 0.2) is 0 Å². The van der Waals surface area contributed by atoms with E-state index in [1.165, 1.54) is 7.11 Å². The maximum atomic E-state index is 12.8. The summed E-state index contributed by atoms with van der Waals surface area (Å²) < 4.78 is 32.5. The van der Waals surface area contributed by atoms with Crippen LogP contribution in [0.1, 0.15) is 18.4 Å². The van der Waals surface area contributed by atoms with Gasteiger partial charge in [0.1, 0.15) is 10.6 Å². The summed E-state index contributed by atoms with van der Waals surface area (Å²) >= 11 is 0. The van der Waals surface area contributed by atoms with Gasteiger partial charge in [-0.2, -0.15) is 4.31 Å². The monoisotopic (exact) mass is 312 g/mol. The highest BCUT2D eigenvalue weighted by Gasteiger charge is 2.32. The number of sulfonamides is 1. The molecule has 0 aromatic heterocycles. The molecule has 1 aliphatic rings. The van der Waals surface area contributed by atoms with Gasteiger partial charge in [-0.3, -0.25) is 0 Å². The molecule has 1 aromatic rings. The topological polar surface area (TPSA) is 49.9 Å². The second-order valence-corrected chi connectivity index (χ2v) is 7.66. The number of hydrogen-bond acceptors (Lipinski definition) is 4. The first-order valence-corrected chi connectivity index (χ1v) is 8.61.